The van der Waals surface area contributed by atoms with Crippen LogP contribution in [0.4, 0.5) is 0 Å². The van der Waals surface area contributed by atoms with Crippen LogP contribution in [0.15, 0.2) is 17.5 Å². The van der Waals surface area contributed by atoms with Crippen molar-refractivity contribution >= 4 is 5.84 Å². The van der Waals surface area contributed by atoms with Crippen molar-refractivity contribution in [2.75, 3.05) is 13.6 Å². The zero-order valence-corrected chi connectivity index (χ0v) is 11.6. The van der Waals surface area contributed by atoms with Crippen LogP contribution in [0.2, 0.25) is 0 Å². The van der Waals surface area contributed by atoms with Gasteiger partial charge in [0.05, 0.1) is 6.54 Å². The lowest BCUT2D eigenvalue weighted by atomic mass is 9.88. The van der Waals surface area contributed by atoms with E-state index in [1.165, 1.54) is 0 Å². The lowest BCUT2D eigenvalue weighted by molar-refractivity contribution is 0.266. The summed E-state index contributed by atoms with van der Waals surface area (Å²) in [5, 5.41) is 11.8. The summed E-state index contributed by atoms with van der Waals surface area (Å²) >= 11 is 0. The first kappa shape index (κ1) is 14.5. The zero-order valence-electron chi connectivity index (χ0n) is 11.6. The molecule has 0 bridgehead atoms. The number of oxime groups is 1. The summed E-state index contributed by atoms with van der Waals surface area (Å²) in [6, 6.07) is 0. The Labute approximate surface area is 108 Å². The van der Waals surface area contributed by atoms with Crippen LogP contribution in [0.3, 0.4) is 0 Å². The maximum absolute atomic E-state index is 8.72. The molecule has 1 aromatic rings. The summed E-state index contributed by atoms with van der Waals surface area (Å²) < 4.78 is 2.01. The highest BCUT2D eigenvalue weighted by Gasteiger charge is 2.23. The van der Waals surface area contributed by atoms with Crippen LogP contribution in [-0.4, -0.2) is 39.1 Å². The van der Waals surface area contributed by atoms with Crippen LogP contribution in [0.25, 0.3) is 0 Å². The molecule has 0 aromatic carbocycles. The quantitative estimate of drug-likeness (QED) is 0.343. The summed E-state index contributed by atoms with van der Waals surface area (Å²) in [4.78, 5) is 6.46. The summed E-state index contributed by atoms with van der Waals surface area (Å²) in [6.07, 6.45) is 4.55. The average molecular weight is 253 g/mol. The normalized spacial score (nSPS) is 13.3. The van der Waals surface area contributed by atoms with E-state index < -0.39 is 0 Å². The summed E-state index contributed by atoms with van der Waals surface area (Å²) in [5.74, 6) is 1.30. The fraction of sp³-hybridized carbons (Fsp3) is 0.667. The third-order valence-electron chi connectivity index (χ3n) is 3.25. The van der Waals surface area contributed by atoms with Gasteiger partial charge in [-0.05, 0) is 20.0 Å². The van der Waals surface area contributed by atoms with Gasteiger partial charge in [0.25, 0.3) is 0 Å². The molecule has 0 radical (unpaired) electrons. The highest BCUT2D eigenvalue weighted by atomic mass is 16.4. The van der Waals surface area contributed by atoms with Gasteiger partial charge in [-0.25, -0.2) is 4.98 Å². The Hall–Kier alpha value is -1.56. The third kappa shape index (κ3) is 3.73. The molecule has 0 aliphatic carbocycles. The van der Waals surface area contributed by atoms with Crippen molar-refractivity contribution in [3.63, 3.8) is 0 Å². The Balaban J connectivity index is 2.47. The summed E-state index contributed by atoms with van der Waals surface area (Å²) in [6.45, 7) is 5.58. The Kier molecular flexibility index (Phi) is 4.72. The van der Waals surface area contributed by atoms with E-state index in [-0.39, 0.29) is 11.3 Å². The highest BCUT2D eigenvalue weighted by Crippen LogP contribution is 2.20. The van der Waals surface area contributed by atoms with Gasteiger partial charge in [-0.1, -0.05) is 19.0 Å². The van der Waals surface area contributed by atoms with Gasteiger partial charge < -0.3 is 15.5 Å². The van der Waals surface area contributed by atoms with E-state index in [1.54, 1.807) is 6.20 Å². The summed E-state index contributed by atoms with van der Waals surface area (Å²) in [5.41, 5.74) is 5.36. The van der Waals surface area contributed by atoms with E-state index in [1.807, 2.05) is 38.7 Å². The Bertz CT molecular complexity index is 410. The minimum absolute atomic E-state index is 0.271. The number of imidazole rings is 1. The molecule has 1 aromatic heterocycles. The monoisotopic (exact) mass is 253 g/mol. The maximum atomic E-state index is 8.72. The van der Waals surface area contributed by atoms with Gasteiger partial charge in [-0.15, -0.1) is 0 Å². The van der Waals surface area contributed by atoms with Crippen LogP contribution in [0, 0.1) is 5.41 Å². The first-order valence-corrected chi connectivity index (χ1v) is 5.99. The molecule has 18 heavy (non-hydrogen) atoms. The van der Waals surface area contributed by atoms with E-state index in [9.17, 15) is 0 Å². The van der Waals surface area contributed by atoms with Gasteiger partial charge in [-0.3, -0.25) is 4.90 Å². The molecule has 0 saturated carbocycles. The van der Waals surface area contributed by atoms with Crippen LogP contribution < -0.4 is 5.73 Å². The first-order chi connectivity index (χ1) is 8.36. The van der Waals surface area contributed by atoms with Gasteiger partial charge in [0.1, 0.15) is 11.7 Å². The van der Waals surface area contributed by atoms with Crippen molar-refractivity contribution in [3.8, 4) is 0 Å². The van der Waals surface area contributed by atoms with Crippen LogP contribution in [0.1, 0.15) is 26.1 Å². The molecular weight excluding hydrogens is 230 g/mol. The van der Waals surface area contributed by atoms with Crippen LogP contribution in [0.5, 0.6) is 0 Å². The van der Waals surface area contributed by atoms with Crippen molar-refractivity contribution in [2.24, 2.45) is 23.4 Å². The predicted molar refractivity (Wildman–Crippen MR) is 71.3 cm³/mol. The Morgan fingerprint density at radius 3 is 2.78 bits per heavy atom. The molecule has 0 unspecified atom stereocenters. The van der Waals surface area contributed by atoms with Crippen molar-refractivity contribution in [2.45, 2.75) is 26.8 Å². The number of aromatic nitrogens is 2. The fourth-order valence-electron chi connectivity index (χ4n) is 1.60. The second kappa shape index (κ2) is 5.86. The Morgan fingerprint density at radius 2 is 2.28 bits per heavy atom. The molecule has 0 spiro atoms. The largest absolute Gasteiger partial charge is 0.409 e. The van der Waals surface area contributed by atoms with Crippen molar-refractivity contribution in [1.29, 1.82) is 0 Å². The van der Waals surface area contributed by atoms with E-state index >= 15 is 0 Å². The smallest absolute Gasteiger partial charge is 0.144 e. The number of hydrogen-bond donors (Lipinski definition) is 2. The molecule has 1 heterocycles. The second-order valence-corrected chi connectivity index (χ2v) is 5.31. The minimum Gasteiger partial charge on any atom is -0.409 e. The molecule has 3 N–H and O–H groups in total. The van der Waals surface area contributed by atoms with Gasteiger partial charge in [-0.2, -0.15) is 0 Å². The molecule has 6 nitrogen and oxygen atoms in total. The van der Waals surface area contributed by atoms with E-state index in [4.69, 9.17) is 10.9 Å². The lowest BCUT2D eigenvalue weighted by Crippen LogP contribution is -2.35. The van der Waals surface area contributed by atoms with Crippen molar-refractivity contribution in [3.05, 3.63) is 18.2 Å². The van der Waals surface area contributed by atoms with Crippen molar-refractivity contribution < 1.29 is 5.21 Å². The fourth-order valence-corrected chi connectivity index (χ4v) is 1.60. The molecule has 102 valence electrons. The summed E-state index contributed by atoms with van der Waals surface area (Å²) in [7, 11) is 4.02. The molecule has 6 heteroatoms. The molecular formula is C12H23N5O. The molecule has 0 saturated heterocycles. The number of nitrogens with two attached hydrogens (primary N) is 1. The van der Waals surface area contributed by atoms with E-state index in [2.05, 4.69) is 15.0 Å². The Morgan fingerprint density at radius 1 is 1.61 bits per heavy atom. The van der Waals surface area contributed by atoms with Gasteiger partial charge in [0, 0.05) is 24.9 Å². The van der Waals surface area contributed by atoms with Crippen LogP contribution in [-0.2, 0) is 13.6 Å². The zero-order chi connectivity index (χ0) is 13.8. The molecule has 0 amide bonds. The molecule has 0 aliphatic rings. The minimum atomic E-state index is -0.301. The van der Waals surface area contributed by atoms with Gasteiger partial charge in [0.2, 0.25) is 0 Å². The number of aryl methyl sites for hydroxylation is 1. The first-order valence-electron chi connectivity index (χ1n) is 5.99. The maximum Gasteiger partial charge on any atom is 0.144 e. The molecule has 0 aliphatic heterocycles. The number of hydrogen-bond acceptors (Lipinski definition) is 4. The van der Waals surface area contributed by atoms with Crippen molar-refractivity contribution in [1.82, 2.24) is 14.5 Å². The SMILES string of the molecule is CN(CCC(C)(C)C(N)=NO)Cc1nccn1C. The number of amidine groups is 1. The van der Waals surface area contributed by atoms with Gasteiger partial charge >= 0.3 is 0 Å². The number of nitrogens with zero attached hydrogens (tertiary/aromatic N) is 4. The molecule has 0 atom stereocenters. The van der Waals surface area contributed by atoms with Crippen LogP contribution >= 0.6 is 0 Å². The number of rotatable bonds is 6. The molecule has 1 rings (SSSR count). The topological polar surface area (TPSA) is 79.7 Å². The predicted octanol–water partition coefficient (Wildman–Crippen LogP) is 1.01. The highest BCUT2D eigenvalue weighted by molar-refractivity contribution is 5.85. The average Bonchev–Trinajstić information content (AvgIpc) is 2.71. The lowest BCUT2D eigenvalue weighted by Gasteiger charge is -2.26. The van der Waals surface area contributed by atoms with E-state index in [0.29, 0.717) is 0 Å². The third-order valence-corrected chi connectivity index (χ3v) is 3.25. The molecule has 0 fully saturated rings. The second-order valence-electron chi connectivity index (χ2n) is 5.31. The standard InChI is InChI=1S/C12H23N5O/c1-12(2,11(13)15-18)5-7-16(3)9-10-14-6-8-17(10)4/h6,8,18H,5,7,9H2,1-4H3,(H2,13,15). The van der Waals surface area contributed by atoms with E-state index in [0.717, 1.165) is 25.3 Å². The van der Waals surface area contributed by atoms with Gasteiger partial charge in [0.15, 0.2) is 0 Å².